The maximum Gasteiger partial charge on any atom is 0.246 e. The van der Waals surface area contributed by atoms with Crippen LogP contribution in [0, 0.1) is 0 Å². The summed E-state index contributed by atoms with van der Waals surface area (Å²) < 4.78 is 1.72. The van der Waals surface area contributed by atoms with E-state index in [1.807, 2.05) is 25.1 Å². The monoisotopic (exact) mass is 290 g/mol. The second kappa shape index (κ2) is 5.16. The number of hydrogen-bond donors (Lipinski definition) is 1. The minimum absolute atomic E-state index is 0.0235. The number of aromatic nitrogens is 2. The molecule has 2 fully saturated rings. The number of aryl methyl sites for hydroxylation is 1. The van der Waals surface area contributed by atoms with Crippen molar-refractivity contribution < 1.29 is 9.59 Å². The zero-order valence-corrected chi connectivity index (χ0v) is 12.6. The van der Waals surface area contributed by atoms with E-state index in [9.17, 15) is 9.59 Å². The first-order chi connectivity index (χ1) is 10.1. The number of carbonyl (C=O) groups is 2. The molecule has 1 N–H and O–H groups in total. The van der Waals surface area contributed by atoms with Crippen molar-refractivity contribution in [3.63, 3.8) is 0 Å². The van der Waals surface area contributed by atoms with Crippen LogP contribution in [0.25, 0.3) is 0 Å². The summed E-state index contributed by atoms with van der Waals surface area (Å²) >= 11 is 0. The zero-order valence-electron chi connectivity index (χ0n) is 12.6. The topological polar surface area (TPSA) is 67.2 Å². The molecule has 2 aliphatic rings. The third-order valence-corrected chi connectivity index (χ3v) is 4.75. The van der Waals surface area contributed by atoms with E-state index in [1.165, 1.54) is 0 Å². The molecule has 114 valence electrons. The quantitative estimate of drug-likeness (QED) is 0.902. The fraction of sp³-hybridized carbons (Fsp3) is 0.667. The standard InChI is InChI=1S/C15H22N4O2/c1-3-12-13(20)19(10-11-8-16-18(2)9-11)15(14(21)17-12)6-4-5-7-15/h8-9,12H,3-7,10H2,1-2H3,(H,17,21). The van der Waals surface area contributed by atoms with Gasteiger partial charge in [-0.05, 0) is 19.3 Å². The first kappa shape index (κ1) is 14.1. The van der Waals surface area contributed by atoms with Gasteiger partial charge in [-0.25, -0.2) is 0 Å². The van der Waals surface area contributed by atoms with E-state index < -0.39 is 5.54 Å². The first-order valence-electron chi connectivity index (χ1n) is 7.67. The third kappa shape index (κ3) is 2.22. The first-order valence-corrected chi connectivity index (χ1v) is 7.67. The molecule has 1 aromatic rings. The van der Waals surface area contributed by atoms with E-state index in [2.05, 4.69) is 10.4 Å². The molecule has 21 heavy (non-hydrogen) atoms. The van der Waals surface area contributed by atoms with Crippen molar-refractivity contribution in [3.8, 4) is 0 Å². The molecule has 6 nitrogen and oxygen atoms in total. The Kier molecular flexibility index (Phi) is 3.47. The van der Waals surface area contributed by atoms with Crippen LogP contribution in [0.5, 0.6) is 0 Å². The highest BCUT2D eigenvalue weighted by Crippen LogP contribution is 2.39. The van der Waals surface area contributed by atoms with Crippen LogP contribution in [-0.4, -0.2) is 38.1 Å². The Morgan fingerprint density at radius 2 is 2.10 bits per heavy atom. The summed E-state index contributed by atoms with van der Waals surface area (Å²) in [7, 11) is 1.86. The SMILES string of the molecule is CCC1NC(=O)C2(CCCC2)N(Cc2cnn(C)c2)C1=O. The number of amides is 2. The van der Waals surface area contributed by atoms with Gasteiger partial charge in [0.1, 0.15) is 11.6 Å². The Hall–Kier alpha value is -1.85. The molecule has 1 unspecified atom stereocenters. The summed E-state index contributed by atoms with van der Waals surface area (Å²) in [6.45, 7) is 2.40. The molecule has 3 rings (SSSR count). The zero-order chi connectivity index (χ0) is 15.0. The van der Waals surface area contributed by atoms with Crippen LogP contribution in [0.1, 0.15) is 44.6 Å². The van der Waals surface area contributed by atoms with Crippen molar-refractivity contribution in [2.45, 2.75) is 57.2 Å². The summed E-state index contributed by atoms with van der Waals surface area (Å²) in [6.07, 6.45) is 7.83. The van der Waals surface area contributed by atoms with Gasteiger partial charge in [-0.15, -0.1) is 0 Å². The molecule has 1 saturated heterocycles. The van der Waals surface area contributed by atoms with E-state index in [-0.39, 0.29) is 17.9 Å². The highest BCUT2D eigenvalue weighted by molar-refractivity contribution is 6.00. The molecule has 2 amide bonds. The Morgan fingerprint density at radius 1 is 1.38 bits per heavy atom. The minimum Gasteiger partial charge on any atom is -0.342 e. The van der Waals surface area contributed by atoms with Crippen molar-refractivity contribution in [1.82, 2.24) is 20.0 Å². The molecule has 0 radical (unpaired) electrons. The van der Waals surface area contributed by atoms with Crippen molar-refractivity contribution in [3.05, 3.63) is 18.0 Å². The van der Waals surface area contributed by atoms with Gasteiger partial charge in [-0.3, -0.25) is 14.3 Å². The summed E-state index contributed by atoms with van der Waals surface area (Å²) in [6, 6.07) is -0.389. The number of carbonyl (C=O) groups excluding carboxylic acids is 2. The van der Waals surface area contributed by atoms with Crippen molar-refractivity contribution in [1.29, 1.82) is 0 Å². The summed E-state index contributed by atoms with van der Waals surface area (Å²) in [5, 5.41) is 7.08. The lowest BCUT2D eigenvalue weighted by atomic mass is 9.88. The van der Waals surface area contributed by atoms with Crippen molar-refractivity contribution in [2.75, 3.05) is 0 Å². The van der Waals surface area contributed by atoms with E-state index in [4.69, 9.17) is 0 Å². The van der Waals surface area contributed by atoms with Gasteiger partial charge >= 0.3 is 0 Å². The van der Waals surface area contributed by atoms with E-state index in [1.54, 1.807) is 10.9 Å². The van der Waals surface area contributed by atoms with Crippen molar-refractivity contribution >= 4 is 11.8 Å². The predicted octanol–water partition coefficient (Wildman–Crippen LogP) is 0.970. The molecular formula is C15H22N4O2. The lowest BCUT2D eigenvalue weighted by Crippen LogP contribution is -2.69. The molecule has 1 saturated carbocycles. The molecule has 0 bridgehead atoms. The van der Waals surface area contributed by atoms with Gasteiger partial charge in [0, 0.05) is 25.4 Å². The Balaban J connectivity index is 1.93. The molecular weight excluding hydrogens is 268 g/mol. The average Bonchev–Trinajstić information content (AvgIpc) is 3.09. The fourth-order valence-electron chi connectivity index (χ4n) is 3.57. The van der Waals surface area contributed by atoms with Gasteiger partial charge in [-0.1, -0.05) is 19.8 Å². The Labute approximate surface area is 124 Å². The van der Waals surface area contributed by atoms with Gasteiger partial charge in [0.15, 0.2) is 0 Å². The van der Waals surface area contributed by atoms with Crippen molar-refractivity contribution in [2.24, 2.45) is 7.05 Å². The van der Waals surface area contributed by atoms with Crippen LogP contribution in [0.2, 0.25) is 0 Å². The second-order valence-electron chi connectivity index (χ2n) is 6.12. The molecule has 0 aromatic carbocycles. The molecule has 1 atom stereocenters. The maximum atomic E-state index is 12.8. The lowest BCUT2D eigenvalue weighted by Gasteiger charge is -2.46. The van der Waals surface area contributed by atoms with E-state index in [0.29, 0.717) is 13.0 Å². The molecule has 1 spiro atoms. The number of hydrogen-bond acceptors (Lipinski definition) is 3. The number of nitrogens with one attached hydrogen (secondary N) is 1. The van der Waals surface area contributed by atoms with Crippen LogP contribution < -0.4 is 5.32 Å². The fourth-order valence-corrected chi connectivity index (χ4v) is 3.57. The van der Waals surface area contributed by atoms with E-state index >= 15 is 0 Å². The smallest absolute Gasteiger partial charge is 0.246 e. The Morgan fingerprint density at radius 3 is 2.67 bits per heavy atom. The van der Waals surface area contributed by atoms with Crippen LogP contribution in [0.4, 0.5) is 0 Å². The summed E-state index contributed by atoms with van der Waals surface area (Å²) in [5.74, 6) is 0.0678. The molecule has 1 aromatic heterocycles. The van der Waals surface area contributed by atoms with Gasteiger partial charge in [0.25, 0.3) is 0 Å². The number of nitrogens with zero attached hydrogens (tertiary/aromatic N) is 3. The van der Waals surface area contributed by atoms with Gasteiger partial charge < -0.3 is 10.2 Å². The van der Waals surface area contributed by atoms with Crippen LogP contribution >= 0.6 is 0 Å². The molecule has 1 aliphatic carbocycles. The third-order valence-electron chi connectivity index (χ3n) is 4.75. The van der Waals surface area contributed by atoms with Crippen LogP contribution in [0.15, 0.2) is 12.4 Å². The van der Waals surface area contributed by atoms with Gasteiger partial charge in [0.2, 0.25) is 11.8 Å². The Bertz CT molecular complexity index is 560. The predicted molar refractivity (Wildman–Crippen MR) is 77.2 cm³/mol. The summed E-state index contributed by atoms with van der Waals surface area (Å²) in [5.41, 5.74) is 0.333. The van der Waals surface area contributed by atoms with Gasteiger partial charge in [-0.2, -0.15) is 5.10 Å². The van der Waals surface area contributed by atoms with Gasteiger partial charge in [0.05, 0.1) is 6.20 Å². The summed E-state index contributed by atoms with van der Waals surface area (Å²) in [4.78, 5) is 27.2. The second-order valence-corrected chi connectivity index (χ2v) is 6.12. The van der Waals surface area contributed by atoms with Crippen LogP contribution in [-0.2, 0) is 23.2 Å². The van der Waals surface area contributed by atoms with E-state index in [0.717, 1.165) is 31.2 Å². The largest absolute Gasteiger partial charge is 0.342 e. The highest BCUT2D eigenvalue weighted by Gasteiger charge is 2.53. The molecule has 6 heteroatoms. The lowest BCUT2D eigenvalue weighted by molar-refractivity contribution is -0.158. The normalized spacial score (nSPS) is 24.7. The highest BCUT2D eigenvalue weighted by atomic mass is 16.2. The molecule has 2 heterocycles. The maximum absolute atomic E-state index is 12.8. The minimum atomic E-state index is -0.640. The van der Waals surface area contributed by atoms with Crippen LogP contribution in [0.3, 0.4) is 0 Å². The molecule has 1 aliphatic heterocycles. The average molecular weight is 290 g/mol. The number of piperazine rings is 1. The number of rotatable bonds is 3.